The Labute approximate surface area is 140 Å². The molecule has 0 saturated carbocycles. The molecular formula is C19H20O5. The Morgan fingerprint density at radius 2 is 1.71 bits per heavy atom. The van der Waals surface area contributed by atoms with Crippen molar-refractivity contribution in [3.8, 4) is 17.2 Å². The Bertz CT molecular complexity index is 681. The fourth-order valence-electron chi connectivity index (χ4n) is 2.38. The lowest BCUT2D eigenvalue weighted by molar-refractivity contribution is -0.133. The standard InChI is InChI=1S/C19H20O5/c1-2-19(11-22-12-19)13-23-16-7-3-14(4-8-16)18(21)24-17-9-5-15(20)6-10-17/h3-10,20H,2,11-13H2,1H3. The topological polar surface area (TPSA) is 65.0 Å². The molecule has 2 aromatic rings. The van der Waals surface area contributed by atoms with E-state index in [0.29, 0.717) is 17.9 Å². The molecule has 1 aliphatic rings. The Balaban J connectivity index is 1.57. The molecule has 24 heavy (non-hydrogen) atoms. The number of phenolic OH excluding ortho intramolecular Hbond substituents is 1. The number of hydrogen-bond donors (Lipinski definition) is 1. The molecular weight excluding hydrogens is 308 g/mol. The van der Waals surface area contributed by atoms with Gasteiger partial charge in [-0.1, -0.05) is 6.92 Å². The molecule has 1 heterocycles. The number of phenols is 1. The number of carbonyl (C=O) groups excluding carboxylic acids is 1. The van der Waals surface area contributed by atoms with Crippen LogP contribution in [0.4, 0.5) is 0 Å². The number of esters is 1. The Kier molecular flexibility index (Phi) is 4.71. The summed E-state index contributed by atoms with van der Waals surface area (Å²) in [5, 5.41) is 9.22. The molecule has 1 saturated heterocycles. The van der Waals surface area contributed by atoms with E-state index in [9.17, 15) is 9.90 Å². The lowest BCUT2D eigenvalue weighted by Gasteiger charge is -2.40. The average Bonchev–Trinajstić information content (AvgIpc) is 2.57. The first-order valence-corrected chi connectivity index (χ1v) is 7.92. The first kappa shape index (κ1) is 16.3. The van der Waals surface area contributed by atoms with Crippen molar-refractivity contribution in [2.45, 2.75) is 13.3 Å². The second-order valence-electron chi connectivity index (χ2n) is 6.04. The van der Waals surface area contributed by atoms with Gasteiger partial charge in [0, 0.05) is 0 Å². The van der Waals surface area contributed by atoms with Crippen molar-refractivity contribution in [2.24, 2.45) is 5.41 Å². The van der Waals surface area contributed by atoms with Crippen LogP contribution in [0.5, 0.6) is 17.2 Å². The molecule has 0 bridgehead atoms. The van der Waals surface area contributed by atoms with Crippen LogP contribution in [0, 0.1) is 5.41 Å². The molecule has 0 aliphatic carbocycles. The molecule has 2 aromatic carbocycles. The van der Waals surface area contributed by atoms with E-state index in [1.54, 1.807) is 24.3 Å². The van der Waals surface area contributed by atoms with Crippen LogP contribution < -0.4 is 9.47 Å². The van der Waals surface area contributed by atoms with E-state index < -0.39 is 5.97 Å². The summed E-state index contributed by atoms with van der Waals surface area (Å²) in [5.41, 5.74) is 0.559. The van der Waals surface area contributed by atoms with Crippen LogP contribution in [-0.4, -0.2) is 30.9 Å². The molecule has 1 aliphatic heterocycles. The third-order valence-corrected chi connectivity index (χ3v) is 4.25. The van der Waals surface area contributed by atoms with E-state index in [1.165, 1.54) is 24.3 Å². The number of hydrogen-bond acceptors (Lipinski definition) is 5. The van der Waals surface area contributed by atoms with Gasteiger partial charge in [0.25, 0.3) is 0 Å². The monoisotopic (exact) mass is 328 g/mol. The maximum atomic E-state index is 12.1. The molecule has 1 fully saturated rings. The minimum Gasteiger partial charge on any atom is -0.508 e. The van der Waals surface area contributed by atoms with Crippen molar-refractivity contribution in [1.29, 1.82) is 0 Å². The molecule has 0 amide bonds. The van der Waals surface area contributed by atoms with E-state index in [0.717, 1.165) is 25.4 Å². The lowest BCUT2D eigenvalue weighted by Crippen LogP contribution is -2.46. The van der Waals surface area contributed by atoms with Gasteiger partial charge in [-0.3, -0.25) is 0 Å². The van der Waals surface area contributed by atoms with Gasteiger partial charge in [0.15, 0.2) is 0 Å². The third-order valence-electron chi connectivity index (χ3n) is 4.25. The highest BCUT2D eigenvalue weighted by Crippen LogP contribution is 2.32. The van der Waals surface area contributed by atoms with Crippen molar-refractivity contribution in [3.05, 3.63) is 54.1 Å². The predicted octanol–water partition coefficient (Wildman–Crippen LogP) is 3.42. The molecule has 0 unspecified atom stereocenters. The van der Waals surface area contributed by atoms with Gasteiger partial charge in [-0.2, -0.15) is 0 Å². The van der Waals surface area contributed by atoms with E-state index in [-0.39, 0.29) is 11.2 Å². The molecule has 1 N–H and O–H groups in total. The highest BCUT2D eigenvalue weighted by molar-refractivity contribution is 5.91. The highest BCUT2D eigenvalue weighted by Gasteiger charge is 2.37. The summed E-state index contributed by atoms with van der Waals surface area (Å²) in [6.45, 7) is 4.22. The molecule has 0 spiro atoms. The molecule has 5 heteroatoms. The third kappa shape index (κ3) is 3.68. The minimum absolute atomic E-state index is 0.121. The van der Waals surface area contributed by atoms with Crippen LogP contribution in [-0.2, 0) is 4.74 Å². The second kappa shape index (κ2) is 6.93. The molecule has 5 nitrogen and oxygen atoms in total. The van der Waals surface area contributed by atoms with E-state index in [2.05, 4.69) is 6.92 Å². The maximum absolute atomic E-state index is 12.1. The fourth-order valence-corrected chi connectivity index (χ4v) is 2.38. The van der Waals surface area contributed by atoms with Crippen molar-refractivity contribution in [2.75, 3.05) is 19.8 Å². The summed E-state index contributed by atoms with van der Waals surface area (Å²) in [5.74, 6) is 0.770. The van der Waals surface area contributed by atoms with Crippen LogP contribution in [0.25, 0.3) is 0 Å². The Hall–Kier alpha value is -2.53. The van der Waals surface area contributed by atoms with Gasteiger partial charge in [-0.15, -0.1) is 0 Å². The largest absolute Gasteiger partial charge is 0.508 e. The quantitative estimate of drug-likeness (QED) is 0.650. The number of rotatable bonds is 6. The van der Waals surface area contributed by atoms with Crippen molar-refractivity contribution >= 4 is 5.97 Å². The second-order valence-corrected chi connectivity index (χ2v) is 6.04. The number of carbonyl (C=O) groups is 1. The first-order valence-electron chi connectivity index (χ1n) is 7.92. The molecule has 126 valence electrons. The Morgan fingerprint density at radius 1 is 1.08 bits per heavy atom. The lowest BCUT2D eigenvalue weighted by atomic mass is 9.84. The zero-order valence-electron chi connectivity index (χ0n) is 13.5. The smallest absolute Gasteiger partial charge is 0.343 e. The van der Waals surface area contributed by atoms with Crippen LogP contribution in [0.15, 0.2) is 48.5 Å². The summed E-state index contributed by atoms with van der Waals surface area (Å²) in [6.07, 6.45) is 1.02. The van der Waals surface area contributed by atoms with Gasteiger partial charge in [-0.25, -0.2) is 4.79 Å². The summed E-state index contributed by atoms with van der Waals surface area (Å²) < 4.78 is 16.3. The molecule has 0 radical (unpaired) electrons. The maximum Gasteiger partial charge on any atom is 0.343 e. The van der Waals surface area contributed by atoms with Gasteiger partial charge >= 0.3 is 5.97 Å². The first-order chi connectivity index (χ1) is 11.6. The summed E-state index contributed by atoms with van der Waals surface area (Å²) in [7, 11) is 0. The zero-order chi connectivity index (χ0) is 17.0. The normalized spacial score (nSPS) is 15.4. The average molecular weight is 328 g/mol. The number of aromatic hydroxyl groups is 1. The molecule has 0 atom stereocenters. The van der Waals surface area contributed by atoms with Crippen LogP contribution >= 0.6 is 0 Å². The van der Waals surface area contributed by atoms with E-state index in [4.69, 9.17) is 14.2 Å². The fraction of sp³-hybridized carbons (Fsp3) is 0.316. The molecule has 3 rings (SSSR count). The molecule has 0 aromatic heterocycles. The number of ether oxygens (including phenoxy) is 3. The van der Waals surface area contributed by atoms with E-state index >= 15 is 0 Å². The summed E-state index contributed by atoms with van der Waals surface area (Å²) in [4.78, 5) is 12.1. The van der Waals surface area contributed by atoms with Crippen LogP contribution in [0.3, 0.4) is 0 Å². The highest BCUT2D eigenvalue weighted by atomic mass is 16.5. The van der Waals surface area contributed by atoms with Crippen LogP contribution in [0.1, 0.15) is 23.7 Å². The summed E-state index contributed by atoms with van der Waals surface area (Å²) >= 11 is 0. The van der Waals surface area contributed by atoms with Gasteiger partial charge in [0.2, 0.25) is 0 Å². The van der Waals surface area contributed by atoms with E-state index in [1.807, 2.05) is 0 Å². The van der Waals surface area contributed by atoms with Gasteiger partial charge < -0.3 is 19.3 Å². The van der Waals surface area contributed by atoms with Crippen molar-refractivity contribution in [3.63, 3.8) is 0 Å². The van der Waals surface area contributed by atoms with Crippen LogP contribution in [0.2, 0.25) is 0 Å². The van der Waals surface area contributed by atoms with Gasteiger partial charge in [0.05, 0.1) is 30.8 Å². The summed E-state index contributed by atoms with van der Waals surface area (Å²) in [6, 6.07) is 12.9. The Morgan fingerprint density at radius 3 is 2.25 bits per heavy atom. The van der Waals surface area contributed by atoms with Crippen molar-refractivity contribution in [1.82, 2.24) is 0 Å². The SMILES string of the molecule is CCC1(COc2ccc(C(=O)Oc3ccc(O)cc3)cc2)COC1. The zero-order valence-corrected chi connectivity index (χ0v) is 13.5. The van der Waals surface area contributed by atoms with Crippen molar-refractivity contribution < 1.29 is 24.1 Å². The van der Waals surface area contributed by atoms with Gasteiger partial charge in [-0.05, 0) is 55.0 Å². The number of benzene rings is 2. The predicted molar refractivity (Wildman–Crippen MR) is 88.5 cm³/mol. The van der Waals surface area contributed by atoms with Gasteiger partial charge in [0.1, 0.15) is 17.2 Å². The minimum atomic E-state index is -0.454.